The van der Waals surface area contributed by atoms with Crippen molar-refractivity contribution in [2.75, 3.05) is 39.4 Å². The highest BCUT2D eigenvalue weighted by Crippen LogP contribution is 2.29. The van der Waals surface area contributed by atoms with Gasteiger partial charge in [-0.3, -0.25) is 4.90 Å². The molecule has 20 heavy (non-hydrogen) atoms. The molecule has 2 aliphatic rings. The number of rotatable bonds is 3. The van der Waals surface area contributed by atoms with Gasteiger partial charge in [0.25, 0.3) is 0 Å². The van der Waals surface area contributed by atoms with Crippen LogP contribution in [0.15, 0.2) is 18.2 Å². The van der Waals surface area contributed by atoms with Gasteiger partial charge in [-0.2, -0.15) is 0 Å². The van der Waals surface area contributed by atoms with Crippen LogP contribution in [0.4, 0.5) is 0 Å². The Morgan fingerprint density at radius 2 is 1.95 bits per heavy atom. The number of halogens is 1. The topological polar surface area (TPSA) is 24.5 Å². The van der Waals surface area contributed by atoms with Crippen molar-refractivity contribution in [1.82, 2.24) is 10.2 Å². The van der Waals surface area contributed by atoms with Crippen molar-refractivity contribution in [3.8, 4) is 0 Å². The van der Waals surface area contributed by atoms with Gasteiger partial charge in [0, 0.05) is 24.7 Å². The number of nitrogens with one attached hydrogen (secondary N) is 1. The number of ether oxygens (including phenoxy) is 1. The van der Waals surface area contributed by atoms with Crippen LogP contribution >= 0.6 is 11.6 Å². The van der Waals surface area contributed by atoms with Crippen molar-refractivity contribution in [2.24, 2.45) is 0 Å². The first kappa shape index (κ1) is 14.3. The zero-order valence-corrected chi connectivity index (χ0v) is 12.7. The van der Waals surface area contributed by atoms with Crippen LogP contribution in [0.5, 0.6) is 0 Å². The molecule has 3 nitrogen and oxygen atoms in total. The highest BCUT2D eigenvalue weighted by Gasteiger charge is 2.17. The fourth-order valence-electron chi connectivity index (χ4n) is 3.10. The summed E-state index contributed by atoms with van der Waals surface area (Å²) in [6, 6.07) is 6.68. The molecule has 2 saturated heterocycles. The summed E-state index contributed by atoms with van der Waals surface area (Å²) in [5.74, 6) is 0.672. The van der Waals surface area contributed by atoms with Crippen LogP contribution in [0.1, 0.15) is 29.9 Å². The van der Waals surface area contributed by atoms with E-state index in [0.29, 0.717) is 5.92 Å². The molecule has 2 fully saturated rings. The van der Waals surface area contributed by atoms with E-state index in [0.717, 1.165) is 51.0 Å². The average Bonchev–Trinajstić information content (AvgIpc) is 2.51. The second-order valence-electron chi connectivity index (χ2n) is 5.76. The molecule has 0 aliphatic carbocycles. The summed E-state index contributed by atoms with van der Waals surface area (Å²) in [4.78, 5) is 2.41. The quantitative estimate of drug-likeness (QED) is 0.927. The standard InChI is InChI=1S/C16H23ClN2O/c17-16-11-14(13-3-5-18-6-4-13)1-2-15(16)12-19-7-9-20-10-8-19/h1-2,11,13,18H,3-10,12H2. The maximum absolute atomic E-state index is 6.49. The maximum atomic E-state index is 6.49. The van der Waals surface area contributed by atoms with E-state index in [4.69, 9.17) is 16.3 Å². The van der Waals surface area contributed by atoms with Crippen LogP contribution in [-0.2, 0) is 11.3 Å². The van der Waals surface area contributed by atoms with Crippen LogP contribution in [0.2, 0.25) is 5.02 Å². The molecule has 0 spiro atoms. The molecule has 0 bridgehead atoms. The Hall–Kier alpha value is -0.610. The SMILES string of the molecule is Clc1cc(C2CCNCC2)ccc1CN1CCOCC1. The summed E-state index contributed by atoms with van der Waals surface area (Å²) in [5, 5.41) is 4.34. The van der Waals surface area contributed by atoms with Gasteiger partial charge in [0.15, 0.2) is 0 Å². The summed E-state index contributed by atoms with van der Waals surface area (Å²) in [5.41, 5.74) is 2.65. The molecule has 0 amide bonds. The van der Waals surface area contributed by atoms with E-state index in [2.05, 4.69) is 28.4 Å². The predicted octanol–water partition coefficient (Wildman–Crippen LogP) is 2.64. The monoisotopic (exact) mass is 294 g/mol. The first-order valence-electron chi connectivity index (χ1n) is 7.62. The lowest BCUT2D eigenvalue weighted by atomic mass is 9.90. The van der Waals surface area contributed by atoms with Gasteiger partial charge in [0.05, 0.1) is 13.2 Å². The van der Waals surface area contributed by atoms with Crippen molar-refractivity contribution in [3.63, 3.8) is 0 Å². The van der Waals surface area contributed by atoms with E-state index in [9.17, 15) is 0 Å². The Morgan fingerprint density at radius 3 is 2.65 bits per heavy atom. The third-order valence-electron chi connectivity index (χ3n) is 4.39. The lowest BCUT2D eigenvalue weighted by Crippen LogP contribution is -2.35. The smallest absolute Gasteiger partial charge is 0.0594 e. The van der Waals surface area contributed by atoms with Crippen molar-refractivity contribution in [1.29, 1.82) is 0 Å². The van der Waals surface area contributed by atoms with Gasteiger partial charge in [-0.15, -0.1) is 0 Å². The molecule has 0 unspecified atom stereocenters. The molecule has 2 heterocycles. The highest BCUT2D eigenvalue weighted by molar-refractivity contribution is 6.31. The second kappa shape index (κ2) is 6.90. The molecule has 110 valence electrons. The summed E-state index contributed by atoms with van der Waals surface area (Å²) in [6.07, 6.45) is 2.44. The van der Waals surface area contributed by atoms with E-state index in [1.54, 1.807) is 0 Å². The van der Waals surface area contributed by atoms with Gasteiger partial charge >= 0.3 is 0 Å². The van der Waals surface area contributed by atoms with Gasteiger partial charge in [0.2, 0.25) is 0 Å². The zero-order chi connectivity index (χ0) is 13.8. The fraction of sp³-hybridized carbons (Fsp3) is 0.625. The van der Waals surface area contributed by atoms with Crippen molar-refractivity contribution >= 4 is 11.6 Å². The molecule has 0 atom stereocenters. The van der Waals surface area contributed by atoms with E-state index >= 15 is 0 Å². The zero-order valence-electron chi connectivity index (χ0n) is 11.9. The normalized spacial score (nSPS) is 22.1. The molecule has 2 aliphatic heterocycles. The molecule has 1 aromatic rings. The van der Waals surface area contributed by atoms with Gasteiger partial charge in [-0.25, -0.2) is 0 Å². The third-order valence-corrected chi connectivity index (χ3v) is 4.74. The molecule has 1 aromatic carbocycles. The van der Waals surface area contributed by atoms with E-state index in [1.807, 2.05) is 0 Å². The molecule has 4 heteroatoms. The van der Waals surface area contributed by atoms with Gasteiger partial charge in [-0.1, -0.05) is 23.7 Å². The minimum Gasteiger partial charge on any atom is -0.379 e. The molecule has 1 N–H and O–H groups in total. The Balaban J connectivity index is 1.66. The Kier molecular flexibility index (Phi) is 4.94. The number of piperidine rings is 1. The molecule has 3 rings (SSSR count). The maximum Gasteiger partial charge on any atom is 0.0594 e. The summed E-state index contributed by atoms with van der Waals surface area (Å²) in [7, 11) is 0. The minimum absolute atomic E-state index is 0.672. The molecule has 0 radical (unpaired) electrons. The highest BCUT2D eigenvalue weighted by atomic mass is 35.5. The number of hydrogen-bond donors (Lipinski definition) is 1. The second-order valence-corrected chi connectivity index (χ2v) is 6.17. The number of hydrogen-bond acceptors (Lipinski definition) is 3. The summed E-state index contributed by atoms with van der Waals surface area (Å²) < 4.78 is 5.39. The fourth-order valence-corrected chi connectivity index (χ4v) is 3.35. The number of morpholine rings is 1. The molecule has 0 saturated carbocycles. The summed E-state index contributed by atoms with van der Waals surface area (Å²) >= 11 is 6.49. The molecular weight excluding hydrogens is 272 g/mol. The average molecular weight is 295 g/mol. The Bertz CT molecular complexity index is 440. The lowest BCUT2D eigenvalue weighted by molar-refractivity contribution is 0.0342. The van der Waals surface area contributed by atoms with Gasteiger partial charge < -0.3 is 10.1 Å². The third kappa shape index (κ3) is 3.53. The van der Waals surface area contributed by atoms with Crippen LogP contribution in [0.3, 0.4) is 0 Å². The van der Waals surface area contributed by atoms with Gasteiger partial charge in [0.1, 0.15) is 0 Å². The van der Waals surface area contributed by atoms with E-state index in [1.165, 1.54) is 24.0 Å². The van der Waals surface area contributed by atoms with Crippen LogP contribution < -0.4 is 5.32 Å². The van der Waals surface area contributed by atoms with E-state index in [-0.39, 0.29) is 0 Å². The lowest BCUT2D eigenvalue weighted by Gasteiger charge is -2.27. The number of nitrogens with zero attached hydrogens (tertiary/aromatic N) is 1. The largest absolute Gasteiger partial charge is 0.379 e. The predicted molar refractivity (Wildman–Crippen MR) is 82.4 cm³/mol. The van der Waals surface area contributed by atoms with E-state index < -0.39 is 0 Å². The van der Waals surface area contributed by atoms with Crippen molar-refractivity contribution in [2.45, 2.75) is 25.3 Å². The first-order valence-corrected chi connectivity index (χ1v) is 8.00. The first-order chi connectivity index (χ1) is 9.83. The molecular formula is C16H23ClN2O. The van der Waals surface area contributed by atoms with Crippen LogP contribution in [0.25, 0.3) is 0 Å². The number of benzene rings is 1. The Morgan fingerprint density at radius 1 is 1.20 bits per heavy atom. The van der Waals surface area contributed by atoms with Crippen molar-refractivity contribution < 1.29 is 4.74 Å². The van der Waals surface area contributed by atoms with Crippen LogP contribution in [-0.4, -0.2) is 44.3 Å². The Labute approximate surface area is 126 Å². The molecule has 0 aromatic heterocycles. The van der Waals surface area contributed by atoms with Gasteiger partial charge in [-0.05, 0) is 49.0 Å². The minimum atomic E-state index is 0.672. The summed E-state index contributed by atoms with van der Waals surface area (Å²) in [6.45, 7) is 6.87. The van der Waals surface area contributed by atoms with Crippen molar-refractivity contribution in [3.05, 3.63) is 34.3 Å². The van der Waals surface area contributed by atoms with Crippen LogP contribution in [0, 0.1) is 0 Å².